The van der Waals surface area contributed by atoms with Crippen LogP contribution in [0.4, 0.5) is 4.79 Å². The molecule has 0 bridgehead atoms. The Morgan fingerprint density at radius 1 is 1.25 bits per heavy atom. The Morgan fingerprint density at radius 2 is 1.92 bits per heavy atom. The summed E-state index contributed by atoms with van der Waals surface area (Å²) in [5.74, 6) is -0.198. The van der Waals surface area contributed by atoms with Crippen LogP contribution in [-0.2, 0) is 11.3 Å². The van der Waals surface area contributed by atoms with Crippen molar-refractivity contribution in [2.45, 2.75) is 32.9 Å². The van der Waals surface area contributed by atoms with Crippen molar-refractivity contribution in [2.75, 3.05) is 32.7 Å². The SMILES string of the molecule is CC[C@H](C)NC(=O)NC(=O)C[NH+]1CC[NH+](Cc2ccc(Br)s2)CC1. The summed E-state index contributed by atoms with van der Waals surface area (Å²) in [4.78, 5) is 27.8. The lowest BCUT2D eigenvalue weighted by atomic mass is 10.3. The molecule has 4 N–H and O–H groups in total. The van der Waals surface area contributed by atoms with Crippen molar-refractivity contribution in [3.63, 3.8) is 0 Å². The molecule has 1 aliphatic rings. The van der Waals surface area contributed by atoms with E-state index in [0.29, 0.717) is 6.54 Å². The zero-order valence-electron chi connectivity index (χ0n) is 14.3. The lowest BCUT2D eigenvalue weighted by molar-refractivity contribution is -1.01. The molecule has 24 heavy (non-hydrogen) atoms. The fourth-order valence-corrected chi connectivity index (χ4v) is 4.32. The summed E-state index contributed by atoms with van der Waals surface area (Å²) in [5, 5.41) is 5.17. The van der Waals surface area contributed by atoms with Crippen LogP contribution in [0.1, 0.15) is 25.1 Å². The lowest BCUT2D eigenvalue weighted by Gasteiger charge is -2.29. The molecule has 8 heteroatoms. The number of urea groups is 1. The van der Waals surface area contributed by atoms with Crippen LogP contribution in [-0.4, -0.2) is 50.7 Å². The molecule has 0 radical (unpaired) electrons. The summed E-state index contributed by atoms with van der Waals surface area (Å²) in [5.41, 5.74) is 0. The van der Waals surface area contributed by atoms with Gasteiger partial charge >= 0.3 is 6.03 Å². The first kappa shape index (κ1) is 19.4. The van der Waals surface area contributed by atoms with Gasteiger partial charge in [-0.25, -0.2) is 4.79 Å². The van der Waals surface area contributed by atoms with Crippen LogP contribution < -0.4 is 20.4 Å². The highest BCUT2D eigenvalue weighted by atomic mass is 79.9. The topological polar surface area (TPSA) is 67.1 Å². The van der Waals surface area contributed by atoms with Gasteiger partial charge in [-0.2, -0.15) is 0 Å². The highest BCUT2D eigenvalue weighted by Crippen LogP contribution is 2.21. The number of imide groups is 1. The molecule has 2 heterocycles. The highest BCUT2D eigenvalue weighted by molar-refractivity contribution is 9.11. The number of hydrogen-bond donors (Lipinski definition) is 4. The summed E-state index contributed by atoms with van der Waals surface area (Å²) < 4.78 is 1.17. The van der Waals surface area contributed by atoms with Crippen molar-refractivity contribution in [1.82, 2.24) is 10.6 Å². The average Bonchev–Trinajstić information content (AvgIpc) is 2.94. The summed E-state index contributed by atoms with van der Waals surface area (Å²) in [6.45, 7) is 9.36. The quantitative estimate of drug-likeness (QED) is 0.499. The van der Waals surface area contributed by atoms with E-state index in [-0.39, 0.29) is 18.0 Å². The monoisotopic (exact) mass is 418 g/mol. The van der Waals surface area contributed by atoms with Crippen molar-refractivity contribution in [1.29, 1.82) is 0 Å². The van der Waals surface area contributed by atoms with E-state index in [1.54, 1.807) is 16.2 Å². The van der Waals surface area contributed by atoms with Gasteiger partial charge in [0, 0.05) is 6.04 Å². The van der Waals surface area contributed by atoms with Crippen LogP contribution in [0.25, 0.3) is 0 Å². The normalized spacial score (nSPS) is 22.0. The van der Waals surface area contributed by atoms with Crippen LogP contribution in [0, 0.1) is 0 Å². The Kier molecular flexibility index (Phi) is 7.67. The van der Waals surface area contributed by atoms with Gasteiger partial charge in [0.25, 0.3) is 5.91 Å². The molecule has 1 aromatic rings. The number of amides is 3. The van der Waals surface area contributed by atoms with Gasteiger partial charge in [0.2, 0.25) is 0 Å². The van der Waals surface area contributed by atoms with E-state index < -0.39 is 0 Å². The summed E-state index contributed by atoms with van der Waals surface area (Å²) in [7, 11) is 0. The van der Waals surface area contributed by atoms with Gasteiger partial charge in [0.05, 0.1) is 8.66 Å². The van der Waals surface area contributed by atoms with Crippen molar-refractivity contribution < 1.29 is 19.4 Å². The third-order valence-corrected chi connectivity index (χ3v) is 5.99. The Bertz CT molecular complexity index is 558. The molecule has 1 fully saturated rings. The van der Waals surface area contributed by atoms with Gasteiger partial charge in [-0.3, -0.25) is 10.1 Å². The van der Waals surface area contributed by atoms with E-state index in [1.807, 2.05) is 13.8 Å². The van der Waals surface area contributed by atoms with Gasteiger partial charge in [-0.1, -0.05) is 6.92 Å². The van der Waals surface area contributed by atoms with Crippen molar-refractivity contribution in [2.24, 2.45) is 0 Å². The first-order chi connectivity index (χ1) is 11.5. The van der Waals surface area contributed by atoms with Crippen molar-refractivity contribution in [3.8, 4) is 0 Å². The van der Waals surface area contributed by atoms with Crippen LogP contribution in [0.2, 0.25) is 0 Å². The maximum absolute atomic E-state index is 12.0. The number of carbonyl (C=O) groups is 2. The molecule has 0 saturated carbocycles. The molecule has 2 rings (SSSR count). The van der Waals surface area contributed by atoms with E-state index in [4.69, 9.17) is 0 Å². The second kappa shape index (κ2) is 9.50. The molecule has 0 spiro atoms. The van der Waals surface area contributed by atoms with Gasteiger partial charge in [-0.15, -0.1) is 11.3 Å². The predicted octanol–water partition coefficient (Wildman–Crippen LogP) is -0.582. The molecule has 0 aromatic carbocycles. The van der Waals surface area contributed by atoms with Crippen LogP contribution >= 0.6 is 27.3 Å². The van der Waals surface area contributed by atoms with E-state index in [2.05, 4.69) is 38.7 Å². The van der Waals surface area contributed by atoms with E-state index in [0.717, 1.165) is 39.1 Å². The van der Waals surface area contributed by atoms with Crippen LogP contribution in [0.3, 0.4) is 0 Å². The number of carbonyl (C=O) groups excluding carboxylic acids is 2. The third-order valence-electron chi connectivity index (χ3n) is 4.37. The van der Waals surface area contributed by atoms with Crippen molar-refractivity contribution >= 4 is 39.2 Å². The highest BCUT2D eigenvalue weighted by Gasteiger charge is 2.25. The average molecular weight is 419 g/mol. The number of hydrogen-bond acceptors (Lipinski definition) is 3. The minimum Gasteiger partial charge on any atom is -0.335 e. The number of thiophene rings is 1. The Morgan fingerprint density at radius 3 is 2.50 bits per heavy atom. The number of piperazine rings is 1. The second-order valence-electron chi connectivity index (χ2n) is 6.39. The maximum atomic E-state index is 12.0. The number of nitrogens with one attached hydrogen (secondary N) is 4. The van der Waals surface area contributed by atoms with E-state index in [1.165, 1.54) is 13.6 Å². The van der Waals surface area contributed by atoms with E-state index in [9.17, 15) is 9.59 Å². The van der Waals surface area contributed by atoms with Gasteiger partial charge < -0.3 is 15.1 Å². The minimum atomic E-state index is -0.388. The zero-order chi connectivity index (χ0) is 17.5. The van der Waals surface area contributed by atoms with Crippen molar-refractivity contribution in [3.05, 3.63) is 20.8 Å². The molecule has 6 nitrogen and oxygen atoms in total. The standard InChI is InChI=1S/C16H25BrN4O2S/c1-3-12(2)18-16(23)19-15(22)11-21-8-6-20(7-9-21)10-13-4-5-14(17)24-13/h4-5,12H,3,6-11H2,1-2H3,(H2,18,19,22,23)/p+2/t12-/m0/s1. The number of rotatable bonds is 6. The summed E-state index contributed by atoms with van der Waals surface area (Å²) in [6, 6.07) is 3.95. The first-order valence-electron chi connectivity index (χ1n) is 8.48. The third kappa shape index (κ3) is 6.51. The maximum Gasteiger partial charge on any atom is 0.321 e. The predicted molar refractivity (Wildman–Crippen MR) is 98.4 cm³/mol. The molecular weight excluding hydrogens is 392 g/mol. The minimum absolute atomic E-state index is 0.0783. The summed E-state index contributed by atoms with van der Waals surface area (Å²) >= 11 is 5.29. The summed E-state index contributed by atoms with van der Waals surface area (Å²) in [6.07, 6.45) is 0.846. The Hall–Kier alpha value is -0.960. The van der Waals surface area contributed by atoms with Crippen LogP contribution in [0.5, 0.6) is 0 Å². The van der Waals surface area contributed by atoms with Gasteiger partial charge in [0.15, 0.2) is 6.54 Å². The molecule has 1 aliphatic heterocycles. The van der Waals surface area contributed by atoms with Gasteiger partial charge in [-0.05, 0) is 41.4 Å². The molecule has 1 atom stereocenters. The number of quaternary nitrogens is 2. The molecule has 1 aromatic heterocycles. The van der Waals surface area contributed by atoms with Crippen LogP contribution in [0.15, 0.2) is 15.9 Å². The molecule has 0 aliphatic carbocycles. The number of halogens is 1. The smallest absolute Gasteiger partial charge is 0.321 e. The first-order valence-corrected chi connectivity index (χ1v) is 10.1. The molecular formula is C16H27BrN4O2S+2. The zero-order valence-corrected chi connectivity index (χ0v) is 16.7. The fourth-order valence-electron chi connectivity index (χ4n) is 2.76. The molecule has 134 valence electrons. The second-order valence-corrected chi connectivity index (χ2v) is 8.94. The molecule has 0 unspecified atom stereocenters. The Balaban J connectivity index is 1.67. The lowest BCUT2D eigenvalue weighted by Crippen LogP contribution is -3.28. The molecule has 1 saturated heterocycles. The van der Waals surface area contributed by atoms with Gasteiger partial charge in [0.1, 0.15) is 32.7 Å². The fraction of sp³-hybridized carbons (Fsp3) is 0.625. The van der Waals surface area contributed by atoms with E-state index >= 15 is 0 Å². The molecule has 3 amide bonds. The largest absolute Gasteiger partial charge is 0.335 e. The Labute approximate surface area is 155 Å².